The van der Waals surface area contributed by atoms with E-state index in [9.17, 15) is 9.59 Å². The number of anilines is 1. The molecule has 0 saturated heterocycles. The molecule has 0 aliphatic carbocycles. The summed E-state index contributed by atoms with van der Waals surface area (Å²) in [6.07, 6.45) is 3.18. The number of nitrogens with one attached hydrogen (secondary N) is 1. The molecule has 1 aromatic heterocycles. The summed E-state index contributed by atoms with van der Waals surface area (Å²) in [4.78, 5) is 26.6. The Labute approximate surface area is 104 Å². The van der Waals surface area contributed by atoms with Crippen molar-refractivity contribution in [1.82, 2.24) is 4.98 Å². The van der Waals surface area contributed by atoms with Crippen LogP contribution in [0, 0.1) is 0 Å². The van der Waals surface area contributed by atoms with Gasteiger partial charge in [-0.05, 0) is 36.4 Å². The highest BCUT2D eigenvalue weighted by molar-refractivity contribution is 6.04. The molecule has 2 amide bonds. The zero-order valence-electron chi connectivity index (χ0n) is 9.46. The summed E-state index contributed by atoms with van der Waals surface area (Å²) >= 11 is 0. The molecule has 0 aliphatic heterocycles. The van der Waals surface area contributed by atoms with Crippen LogP contribution in [0.5, 0.6) is 0 Å². The molecule has 0 unspecified atom stereocenters. The smallest absolute Gasteiger partial charge is 0.255 e. The lowest BCUT2D eigenvalue weighted by atomic mass is 10.1. The summed E-state index contributed by atoms with van der Waals surface area (Å²) in [5.74, 6) is -0.770. The van der Waals surface area contributed by atoms with Gasteiger partial charge in [0.2, 0.25) is 5.91 Å². The monoisotopic (exact) mass is 241 g/mol. The van der Waals surface area contributed by atoms with Gasteiger partial charge in [-0.25, -0.2) is 0 Å². The average Bonchev–Trinajstić information content (AvgIpc) is 2.40. The van der Waals surface area contributed by atoms with E-state index in [0.29, 0.717) is 16.8 Å². The Hall–Kier alpha value is -2.69. The van der Waals surface area contributed by atoms with Crippen LogP contribution in [0.3, 0.4) is 0 Å². The minimum absolute atomic E-state index is 0.253. The Balaban J connectivity index is 2.12. The SMILES string of the molecule is NC(=O)c1ccc(C(=O)Nc2ccncc2)cc1. The highest BCUT2D eigenvalue weighted by atomic mass is 16.2. The molecule has 0 radical (unpaired) electrons. The summed E-state index contributed by atoms with van der Waals surface area (Å²) in [5, 5.41) is 2.71. The van der Waals surface area contributed by atoms with Gasteiger partial charge < -0.3 is 11.1 Å². The third-order valence-electron chi connectivity index (χ3n) is 2.37. The average molecular weight is 241 g/mol. The maximum atomic E-state index is 11.8. The van der Waals surface area contributed by atoms with Crippen LogP contribution in [0.2, 0.25) is 0 Å². The summed E-state index contributed by atoms with van der Waals surface area (Å²) in [6, 6.07) is 9.52. The maximum Gasteiger partial charge on any atom is 0.255 e. The number of benzene rings is 1. The maximum absolute atomic E-state index is 11.8. The first-order valence-corrected chi connectivity index (χ1v) is 5.28. The number of carbonyl (C=O) groups is 2. The minimum atomic E-state index is -0.518. The van der Waals surface area contributed by atoms with Gasteiger partial charge in [-0.3, -0.25) is 14.6 Å². The van der Waals surface area contributed by atoms with Crippen LogP contribution < -0.4 is 11.1 Å². The first-order valence-electron chi connectivity index (χ1n) is 5.28. The van der Waals surface area contributed by atoms with E-state index in [0.717, 1.165) is 0 Å². The fourth-order valence-corrected chi connectivity index (χ4v) is 1.42. The van der Waals surface area contributed by atoms with Gasteiger partial charge in [-0.15, -0.1) is 0 Å². The van der Waals surface area contributed by atoms with E-state index in [-0.39, 0.29) is 5.91 Å². The standard InChI is InChI=1S/C13H11N3O2/c14-12(17)9-1-3-10(4-2-9)13(18)16-11-5-7-15-8-6-11/h1-8H,(H2,14,17)(H,15,16,18). The molecule has 90 valence electrons. The summed E-state index contributed by atoms with van der Waals surface area (Å²) < 4.78 is 0. The molecule has 0 bridgehead atoms. The van der Waals surface area contributed by atoms with Gasteiger partial charge >= 0.3 is 0 Å². The van der Waals surface area contributed by atoms with Crippen LogP contribution in [0.4, 0.5) is 5.69 Å². The molecule has 5 nitrogen and oxygen atoms in total. The zero-order valence-corrected chi connectivity index (χ0v) is 9.46. The summed E-state index contributed by atoms with van der Waals surface area (Å²) in [6.45, 7) is 0. The van der Waals surface area contributed by atoms with E-state index in [1.165, 1.54) is 12.1 Å². The summed E-state index contributed by atoms with van der Waals surface area (Å²) in [7, 11) is 0. The molecule has 1 heterocycles. The molecule has 3 N–H and O–H groups in total. The third kappa shape index (κ3) is 2.70. The second-order valence-corrected chi connectivity index (χ2v) is 3.63. The number of rotatable bonds is 3. The van der Waals surface area contributed by atoms with E-state index in [4.69, 9.17) is 5.73 Å². The molecular weight excluding hydrogens is 230 g/mol. The van der Waals surface area contributed by atoms with Crippen LogP contribution in [0.25, 0.3) is 0 Å². The van der Waals surface area contributed by atoms with Crippen molar-refractivity contribution in [2.45, 2.75) is 0 Å². The molecule has 0 saturated carbocycles. The van der Waals surface area contributed by atoms with Crippen molar-refractivity contribution < 1.29 is 9.59 Å². The topological polar surface area (TPSA) is 85.1 Å². The van der Waals surface area contributed by atoms with Crippen molar-refractivity contribution in [3.63, 3.8) is 0 Å². The molecule has 18 heavy (non-hydrogen) atoms. The fourth-order valence-electron chi connectivity index (χ4n) is 1.42. The van der Waals surface area contributed by atoms with Crippen LogP contribution in [0.1, 0.15) is 20.7 Å². The zero-order chi connectivity index (χ0) is 13.0. The van der Waals surface area contributed by atoms with Crippen molar-refractivity contribution in [3.8, 4) is 0 Å². The van der Waals surface area contributed by atoms with Gasteiger partial charge in [0.1, 0.15) is 0 Å². The van der Waals surface area contributed by atoms with Crippen molar-refractivity contribution in [2.75, 3.05) is 5.32 Å². The molecule has 0 fully saturated rings. The van der Waals surface area contributed by atoms with E-state index in [1.807, 2.05) is 0 Å². The predicted molar refractivity (Wildman–Crippen MR) is 67.2 cm³/mol. The van der Waals surface area contributed by atoms with E-state index in [1.54, 1.807) is 36.7 Å². The minimum Gasteiger partial charge on any atom is -0.366 e. The summed E-state index contributed by atoms with van der Waals surface area (Å²) in [5.41, 5.74) is 6.60. The Morgan fingerprint density at radius 1 is 0.944 bits per heavy atom. The van der Waals surface area contributed by atoms with Crippen LogP contribution in [-0.4, -0.2) is 16.8 Å². The van der Waals surface area contributed by atoms with Crippen LogP contribution in [-0.2, 0) is 0 Å². The van der Waals surface area contributed by atoms with E-state index < -0.39 is 5.91 Å². The van der Waals surface area contributed by atoms with E-state index >= 15 is 0 Å². The Bertz CT molecular complexity index is 565. The molecule has 2 rings (SSSR count). The Morgan fingerprint density at radius 2 is 1.50 bits per heavy atom. The second-order valence-electron chi connectivity index (χ2n) is 3.63. The molecule has 0 spiro atoms. The Kier molecular flexibility index (Phi) is 3.33. The molecule has 2 aromatic rings. The number of pyridine rings is 1. The normalized spacial score (nSPS) is 9.78. The van der Waals surface area contributed by atoms with Gasteiger partial charge in [0.15, 0.2) is 0 Å². The van der Waals surface area contributed by atoms with Crippen molar-refractivity contribution in [1.29, 1.82) is 0 Å². The lowest BCUT2D eigenvalue weighted by Gasteiger charge is -2.04. The van der Waals surface area contributed by atoms with Gasteiger partial charge in [-0.2, -0.15) is 0 Å². The third-order valence-corrected chi connectivity index (χ3v) is 2.37. The second kappa shape index (κ2) is 5.09. The number of hydrogen-bond acceptors (Lipinski definition) is 3. The highest BCUT2D eigenvalue weighted by Crippen LogP contribution is 2.08. The number of nitrogens with two attached hydrogens (primary N) is 1. The van der Waals surface area contributed by atoms with Crippen LogP contribution >= 0.6 is 0 Å². The van der Waals surface area contributed by atoms with E-state index in [2.05, 4.69) is 10.3 Å². The van der Waals surface area contributed by atoms with Crippen LogP contribution in [0.15, 0.2) is 48.8 Å². The molecule has 0 aliphatic rings. The molecule has 0 atom stereocenters. The van der Waals surface area contributed by atoms with Crippen molar-refractivity contribution in [2.24, 2.45) is 5.73 Å². The quantitative estimate of drug-likeness (QED) is 0.852. The molecule has 5 heteroatoms. The van der Waals surface area contributed by atoms with Gasteiger partial charge in [0, 0.05) is 29.2 Å². The lowest BCUT2D eigenvalue weighted by Crippen LogP contribution is -2.14. The molecule has 1 aromatic carbocycles. The number of aromatic nitrogens is 1. The number of nitrogens with zero attached hydrogens (tertiary/aromatic N) is 1. The lowest BCUT2D eigenvalue weighted by molar-refractivity contribution is 0.0995. The molecular formula is C13H11N3O2. The van der Waals surface area contributed by atoms with Crippen molar-refractivity contribution >= 4 is 17.5 Å². The Morgan fingerprint density at radius 3 is 2.06 bits per heavy atom. The van der Waals surface area contributed by atoms with Crippen molar-refractivity contribution in [3.05, 3.63) is 59.9 Å². The van der Waals surface area contributed by atoms with Gasteiger partial charge in [0.05, 0.1) is 0 Å². The van der Waals surface area contributed by atoms with Gasteiger partial charge in [-0.1, -0.05) is 0 Å². The number of carbonyl (C=O) groups excluding carboxylic acids is 2. The first kappa shape index (κ1) is 11.8. The first-order chi connectivity index (χ1) is 8.66. The predicted octanol–water partition coefficient (Wildman–Crippen LogP) is 1.43. The van der Waals surface area contributed by atoms with Gasteiger partial charge in [0.25, 0.3) is 5.91 Å². The highest BCUT2D eigenvalue weighted by Gasteiger charge is 2.07. The fraction of sp³-hybridized carbons (Fsp3) is 0. The number of hydrogen-bond donors (Lipinski definition) is 2. The number of primary amides is 1. The number of amides is 2. The largest absolute Gasteiger partial charge is 0.366 e.